The van der Waals surface area contributed by atoms with Crippen LogP contribution in [0.1, 0.15) is 36.5 Å². The van der Waals surface area contributed by atoms with Crippen molar-refractivity contribution < 1.29 is 19.0 Å². The molecule has 1 aliphatic carbocycles. The van der Waals surface area contributed by atoms with Gasteiger partial charge in [-0.1, -0.05) is 48.0 Å². The Bertz CT molecular complexity index is 1150. The maximum absolute atomic E-state index is 13.4. The molecule has 1 spiro atoms. The number of esters is 1. The van der Waals surface area contributed by atoms with Gasteiger partial charge in [0, 0.05) is 5.41 Å². The quantitative estimate of drug-likeness (QED) is 0.453. The SMILES string of the molecule is CCOC(=O)C1Nc2c(Cl)cccc2C(c2ccc(OC)cc2)(c2ccc(OC)cc2)C12CC2. The zero-order valence-electron chi connectivity index (χ0n) is 19.6. The molecule has 1 aliphatic heterocycles. The second-order valence-electron chi connectivity index (χ2n) is 8.85. The van der Waals surface area contributed by atoms with Crippen molar-refractivity contribution in [2.45, 2.75) is 31.2 Å². The monoisotopic (exact) mass is 477 g/mol. The molecule has 5 nitrogen and oxygen atoms in total. The molecule has 3 aromatic rings. The Labute approximate surface area is 205 Å². The highest BCUT2D eigenvalue weighted by molar-refractivity contribution is 6.33. The fraction of sp³-hybridized carbons (Fsp3) is 0.321. The van der Waals surface area contributed by atoms with Crippen LogP contribution in [0.5, 0.6) is 11.5 Å². The van der Waals surface area contributed by atoms with Gasteiger partial charge in [-0.15, -0.1) is 0 Å². The molecule has 0 amide bonds. The molecule has 0 radical (unpaired) electrons. The molecular formula is C28H28ClNO4. The molecule has 176 valence electrons. The number of hydrogen-bond donors (Lipinski definition) is 1. The first kappa shape index (κ1) is 22.6. The summed E-state index contributed by atoms with van der Waals surface area (Å²) < 4.78 is 16.5. The number of hydrogen-bond acceptors (Lipinski definition) is 5. The molecule has 2 aliphatic rings. The van der Waals surface area contributed by atoms with Gasteiger partial charge in [0.1, 0.15) is 17.5 Å². The number of rotatable bonds is 6. The zero-order chi connectivity index (χ0) is 23.9. The standard InChI is InChI=1S/C28H28ClNO4/c1-4-34-26(31)25-27(16-17-27)28(18-8-12-20(32-2)13-9-18,19-10-14-21(33-3)15-11-19)22-6-5-7-23(29)24(22)30-25/h5-15,25,30H,4,16-17H2,1-3H3. The van der Waals surface area contributed by atoms with Gasteiger partial charge in [0.05, 0.1) is 37.0 Å². The number of carbonyl (C=O) groups excluding carboxylic acids is 1. The second-order valence-corrected chi connectivity index (χ2v) is 9.26. The van der Waals surface area contributed by atoms with Crippen LogP contribution >= 0.6 is 11.6 Å². The third kappa shape index (κ3) is 3.17. The van der Waals surface area contributed by atoms with Gasteiger partial charge in [0.2, 0.25) is 0 Å². The Balaban J connectivity index is 1.86. The van der Waals surface area contributed by atoms with Crippen molar-refractivity contribution in [2.75, 3.05) is 26.1 Å². The molecule has 1 heterocycles. The van der Waals surface area contributed by atoms with Crippen molar-refractivity contribution in [1.29, 1.82) is 0 Å². The van der Waals surface area contributed by atoms with Crippen LogP contribution in [-0.4, -0.2) is 32.8 Å². The van der Waals surface area contributed by atoms with E-state index in [9.17, 15) is 4.79 Å². The number of nitrogens with one attached hydrogen (secondary N) is 1. The van der Waals surface area contributed by atoms with Gasteiger partial charge < -0.3 is 19.5 Å². The van der Waals surface area contributed by atoms with Crippen LogP contribution in [0.15, 0.2) is 66.7 Å². The molecule has 5 rings (SSSR count). The average molecular weight is 478 g/mol. The normalized spacial score (nSPS) is 19.0. The Morgan fingerprint density at radius 1 is 0.941 bits per heavy atom. The fourth-order valence-corrected chi connectivity index (χ4v) is 6.02. The maximum atomic E-state index is 13.4. The summed E-state index contributed by atoms with van der Waals surface area (Å²) in [6, 6.07) is 21.7. The average Bonchev–Trinajstić information content (AvgIpc) is 3.66. The van der Waals surface area contributed by atoms with Crippen LogP contribution in [-0.2, 0) is 14.9 Å². The molecule has 1 atom stereocenters. The Morgan fingerprint density at radius 3 is 1.97 bits per heavy atom. The van der Waals surface area contributed by atoms with Gasteiger partial charge in [0.15, 0.2) is 0 Å². The lowest BCUT2D eigenvalue weighted by Gasteiger charge is -2.51. The summed E-state index contributed by atoms with van der Waals surface area (Å²) in [5.41, 5.74) is 2.93. The summed E-state index contributed by atoms with van der Waals surface area (Å²) in [4.78, 5) is 13.4. The third-order valence-corrected chi connectivity index (χ3v) is 7.68. The van der Waals surface area contributed by atoms with Crippen LogP contribution in [0.2, 0.25) is 5.02 Å². The lowest BCUT2D eigenvalue weighted by Crippen LogP contribution is -2.56. The van der Waals surface area contributed by atoms with E-state index in [1.54, 1.807) is 14.2 Å². The molecule has 1 saturated carbocycles. The fourth-order valence-electron chi connectivity index (χ4n) is 5.79. The van der Waals surface area contributed by atoms with Gasteiger partial charge in [-0.3, -0.25) is 0 Å². The predicted molar refractivity (Wildman–Crippen MR) is 133 cm³/mol. The van der Waals surface area contributed by atoms with E-state index < -0.39 is 16.9 Å². The summed E-state index contributed by atoms with van der Waals surface area (Å²) >= 11 is 6.75. The van der Waals surface area contributed by atoms with E-state index in [0.29, 0.717) is 11.6 Å². The van der Waals surface area contributed by atoms with Crippen LogP contribution in [0.3, 0.4) is 0 Å². The number of ether oxygens (including phenoxy) is 3. The lowest BCUT2D eigenvalue weighted by molar-refractivity contribution is -0.146. The highest BCUT2D eigenvalue weighted by Crippen LogP contribution is 2.70. The largest absolute Gasteiger partial charge is 0.497 e. The number of halogens is 1. The summed E-state index contributed by atoms with van der Waals surface area (Å²) in [5.74, 6) is 1.30. The molecule has 3 aromatic carbocycles. The Kier molecular flexibility index (Phi) is 5.68. The van der Waals surface area contributed by atoms with Gasteiger partial charge in [-0.05, 0) is 66.8 Å². The number of methoxy groups -OCH3 is 2. The van der Waals surface area contributed by atoms with Crippen LogP contribution in [0.25, 0.3) is 0 Å². The van der Waals surface area contributed by atoms with E-state index in [1.807, 2.05) is 43.3 Å². The van der Waals surface area contributed by atoms with E-state index in [4.69, 9.17) is 25.8 Å². The summed E-state index contributed by atoms with van der Waals surface area (Å²) in [6.45, 7) is 2.15. The molecular weight excluding hydrogens is 450 g/mol. The third-order valence-electron chi connectivity index (χ3n) is 7.36. The Hall–Kier alpha value is -3.18. The van der Waals surface area contributed by atoms with Crippen LogP contribution in [0, 0.1) is 5.41 Å². The lowest BCUT2D eigenvalue weighted by atomic mass is 9.55. The van der Waals surface area contributed by atoms with Gasteiger partial charge in [-0.2, -0.15) is 0 Å². The zero-order valence-corrected chi connectivity index (χ0v) is 20.3. The smallest absolute Gasteiger partial charge is 0.329 e. The molecule has 0 bridgehead atoms. The van der Waals surface area contributed by atoms with E-state index in [1.165, 1.54) is 0 Å². The molecule has 34 heavy (non-hydrogen) atoms. The van der Waals surface area contributed by atoms with Crippen molar-refractivity contribution in [3.05, 3.63) is 88.4 Å². The molecule has 6 heteroatoms. The first-order valence-corrected chi connectivity index (χ1v) is 11.9. The number of carbonyl (C=O) groups is 1. The highest BCUT2D eigenvalue weighted by Gasteiger charge is 2.70. The topological polar surface area (TPSA) is 56.8 Å². The number of para-hydroxylation sites is 1. The maximum Gasteiger partial charge on any atom is 0.329 e. The molecule has 0 aromatic heterocycles. The van der Waals surface area contributed by atoms with E-state index in [-0.39, 0.29) is 5.97 Å². The van der Waals surface area contributed by atoms with Gasteiger partial charge in [0.25, 0.3) is 0 Å². The molecule has 0 saturated heterocycles. The van der Waals surface area contributed by atoms with E-state index in [2.05, 4.69) is 35.6 Å². The number of benzene rings is 3. The first-order valence-electron chi connectivity index (χ1n) is 11.5. The van der Waals surface area contributed by atoms with Crippen LogP contribution < -0.4 is 14.8 Å². The minimum atomic E-state index is -0.631. The second kappa shape index (κ2) is 8.55. The van der Waals surface area contributed by atoms with Crippen molar-refractivity contribution in [1.82, 2.24) is 0 Å². The van der Waals surface area contributed by atoms with E-state index in [0.717, 1.165) is 46.7 Å². The minimum Gasteiger partial charge on any atom is -0.497 e. The van der Waals surface area contributed by atoms with Crippen molar-refractivity contribution >= 4 is 23.3 Å². The van der Waals surface area contributed by atoms with Crippen LogP contribution in [0.4, 0.5) is 5.69 Å². The first-order chi connectivity index (χ1) is 16.5. The van der Waals surface area contributed by atoms with E-state index >= 15 is 0 Å². The van der Waals surface area contributed by atoms with Crippen molar-refractivity contribution in [3.8, 4) is 11.5 Å². The molecule has 1 fully saturated rings. The van der Waals surface area contributed by atoms with Crippen molar-refractivity contribution in [2.24, 2.45) is 5.41 Å². The summed E-state index contributed by atoms with van der Waals surface area (Å²) in [6.07, 6.45) is 1.74. The molecule has 1 N–H and O–H groups in total. The van der Waals surface area contributed by atoms with Gasteiger partial charge in [-0.25, -0.2) is 4.79 Å². The number of fused-ring (bicyclic) bond motifs is 1. The molecule has 1 unspecified atom stereocenters. The number of anilines is 1. The summed E-state index contributed by atoms with van der Waals surface area (Å²) in [5, 5.41) is 4.06. The van der Waals surface area contributed by atoms with Gasteiger partial charge >= 0.3 is 5.97 Å². The Morgan fingerprint density at radius 2 is 1.50 bits per heavy atom. The predicted octanol–water partition coefficient (Wildman–Crippen LogP) is 5.83. The minimum absolute atomic E-state index is 0.253. The summed E-state index contributed by atoms with van der Waals surface area (Å²) in [7, 11) is 3.32. The highest BCUT2D eigenvalue weighted by atomic mass is 35.5. The van der Waals surface area contributed by atoms with Crippen molar-refractivity contribution in [3.63, 3.8) is 0 Å².